The topological polar surface area (TPSA) is 43.5 Å². The van der Waals surface area contributed by atoms with Crippen LogP contribution in [0.25, 0.3) is 5.32 Å². The number of fused-ring (bicyclic) bond motifs is 1. The van der Waals surface area contributed by atoms with E-state index >= 15 is 0 Å². The third-order valence-corrected chi connectivity index (χ3v) is 1.87. The van der Waals surface area contributed by atoms with Gasteiger partial charge >= 0.3 is 116 Å². The molecule has 0 bridgehead atoms. The predicted octanol–water partition coefficient (Wildman–Crippen LogP) is -4.08. The van der Waals surface area contributed by atoms with E-state index in [0.717, 1.165) is 5.56 Å². The van der Waals surface area contributed by atoms with E-state index in [0.29, 0.717) is 5.69 Å². The molecule has 1 aliphatic heterocycles. The molecule has 5 heteroatoms. The summed E-state index contributed by atoms with van der Waals surface area (Å²) in [5.41, 5.74) is 1.43. The van der Waals surface area contributed by atoms with Gasteiger partial charge in [0.05, 0.1) is 11.9 Å². The maximum atomic E-state index is 11.3. The van der Waals surface area contributed by atoms with Crippen molar-refractivity contribution in [1.82, 2.24) is 0 Å². The Morgan fingerprint density at radius 1 is 1.33 bits per heavy atom. The average Bonchev–Trinajstić information content (AvgIpc) is 2.28. The van der Waals surface area contributed by atoms with Crippen LogP contribution in [-0.4, -0.2) is 18.2 Å². The van der Waals surface area contributed by atoms with Crippen LogP contribution in [0.15, 0.2) is 29.3 Å². The number of carbonyl (C=O) groups excluding carboxylic acids is 1. The Morgan fingerprint density at radius 3 is 2.73 bits per heavy atom. The summed E-state index contributed by atoms with van der Waals surface area (Å²) >= 11 is 0. The molecule has 1 aromatic rings. The normalized spacial score (nSPS) is 17.7. The molecule has 1 atom stereocenters. The van der Waals surface area contributed by atoms with Gasteiger partial charge in [0.2, 0.25) is 0 Å². The van der Waals surface area contributed by atoms with E-state index in [-0.39, 0.29) is 122 Å². The quantitative estimate of drug-likeness (QED) is 0.442. The number of rotatable bonds is 0. The van der Waals surface area contributed by atoms with Crippen molar-refractivity contribution < 1.29 is 121 Å². The zero-order chi connectivity index (χ0) is 9.26. The van der Waals surface area contributed by atoms with Gasteiger partial charge < -0.3 is 15.1 Å². The van der Waals surface area contributed by atoms with E-state index in [1.807, 2.05) is 18.2 Å². The largest absolute Gasteiger partial charge is 1.00 e. The van der Waals surface area contributed by atoms with E-state index in [9.17, 15) is 4.79 Å². The van der Waals surface area contributed by atoms with E-state index < -0.39 is 6.04 Å². The number of aliphatic imine (C=N–C) groups is 1. The molecule has 1 aromatic carbocycles. The van der Waals surface area contributed by atoms with Gasteiger partial charge in [-0.3, -0.25) is 0 Å². The summed E-state index contributed by atoms with van der Waals surface area (Å²) in [5, 5.41) is 3.93. The second-order valence-electron chi connectivity index (χ2n) is 2.88. The van der Waals surface area contributed by atoms with Gasteiger partial charge in [0.25, 0.3) is 0 Å². The molecule has 1 heterocycles. The van der Waals surface area contributed by atoms with Crippen molar-refractivity contribution in [3.05, 3.63) is 35.1 Å². The van der Waals surface area contributed by atoms with Gasteiger partial charge in [-0.1, -0.05) is 12.3 Å². The summed E-state index contributed by atoms with van der Waals surface area (Å²) in [4.78, 5) is 15.2. The Bertz CT molecular complexity index is 379. The van der Waals surface area contributed by atoms with Crippen LogP contribution in [0.5, 0.6) is 0 Å². The molecular formula is C10H8N2ORb2. The number of para-hydroxylation sites is 1. The molecule has 15 heavy (non-hydrogen) atoms. The van der Waals surface area contributed by atoms with Crippen molar-refractivity contribution in [3.63, 3.8) is 0 Å². The molecule has 0 fully saturated rings. The monoisotopic (exact) mass is 342 g/mol. The van der Waals surface area contributed by atoms with Crippen molar-refractivity contribution in [2.24, 2.45) is 4.99 Å². The molecule has 2 rings (SSSR count). The van der Waals surface area contributed by atoms with Gasteiger partial charge in [-0.05, 0) is 6.92 Å². The first-order valence-corrected chi connectivity index (χ1v) is 4.08. The molecule has 3 nitrogen and oxygen atoms in total. The maximum absolute atomic E-state index is 11.3. The number of hydrogen-bond donors (Lipinski definition) is 0. The molecule has 1 unspecified atom stereocenters. The Kier molecular flexibility index (Phi) is 9.21. The van der Waals surface area contributed by atoms with E-state index in [4.69, 9.17) is 0 Å². The van der Waals surface area contributed by atoms with Crippen LogP contribution < -0.4 is 116 Å². The molecule has 0 aromatic heterocycles. The van der Waals surface area contributed by atoms with Gasteiger partial charge in [-0.2, -0.15) is 11.6 Å². The van der Waals surface area contributed by atoms with Crippen LogP contribution in [0.1, 0.15) is 12.5 Å². The minimum atomic E-state index is -0.410. The molecule has 1 amide bonds. The Labute approximate surface area is 187 Å². The fourth-order valence-corrected chi connectivity index (χ4v) is 1.10. The van der Waals surface area contributed by atoms with Crippen LogP contribution in [0.2, 0.25) is 0 Å². The van der Waals surface area contributed by atoms with Crippen LogP contribution in [-0.2, 0) is 4.79 Å². The molecule has 0 radical (unpaired) electrons. The Balaban J connectivity index is 0.000000980. The summed E-state index contributed by atoms with van der Waals surface area (Å²) in [6.07, 6.45) is 2.82. The van der Waals surface area contributed by atoms with Crippen LogP contribution in [0, 0.1) is 0 Å². The fourth-order valence-electron chi connectivity index (χ4n) is 1.10. The van der Waals surface area contributed by atoms with E-state index in [1.54, 1.807) is 13.0 Å². The van der Waals surface area contributed by atoms with Crippen molar-refractivity contribution >= 4 is 17.8 Å². The molecule has 66 valence electrons. The third-order valence-electron chi connectivity index (χ3n) is 1.87. The first kappa shape index (κ1) is 17.0. The number of amides is 1. The minimum Gasteiger partial charge on any atom is -0.683 e. The zero-order valence-corrected chi connectivity index (χ0v) is 19.0. The second kappa shape index (κ2) is 8.14. The summed E-state index contributed by atoms with van der Waals surface area (Å²) in [6.45, 7) is 1.71. The van der Waals surface area contributed by atoms with Crippen LogP contribution in [0.4, 0.5) is 5.69 Å². The first-order chi connectivity index (χ1) is 6.27. The van der Waals surface area contributed by atoms with Gasteiger partial charge in [0, 0.05) is 0 Å². The minimum absolute atomic E-state index is 0. The smallest absolute Gasteiger partial charge is 0.683 e. The molecule has 0 saturated heterocycles. The summed E-state index contributed by atoms with van der Waals surface area (Å²) in [5.74, 6) is -0.211. The van der Waals surface area contributed by atoms with Crippen molar-refractivity contribution in [2.75, 3.05) is 0 Å². The Morgan fingerprint density at radius 2 is 2.00 bits per heavy atom. The molecule has 0 aliphatic carbocycles. The number of benzodiazepines with no additional fused rings is 1. The molecule has 0 spiro atoms. The average molecular weight is 343 g/mol. The number of hydrogen-bond acceptors (Lipinski definition) is 2. The van der Waals surface area contributed by atoms with Crippen molar-refractivity contribution in [2.45, 2.75) is 13.0 Å². The third kappa shape index (κ3) is 4.62. The van der Waals surface area contributed by atoms with Crippen molar-refractivity contribution in [1.29, 1.82) is 0 Å². The summed E-state index contributed by atoms with van der Waals surface area (Å²) < 4.78 is 0. The fraction of sp³-hybridized carbons (Fsp3) is 0.200. The molecular weight excluding hydrogens is 335 g/mol. The number of nitrogens with zero attached hydrogens (tertiary/aromatic N) is 2. The number of carbonyl (C=O) groups is 1. The van der Waals surface area contributed by atoms with Gasteiger partial charge in [0.1, 0.15) is 0 Å². The van der Waals surface area contributed by atoms with Gasteiger partial charge in [-0.15, -0.1) is 12.1 Å². The van der Waals surface area contributed by atoms with E-state index in [2.05, 4.69) is 16.5 Å². The second-order valence-corrected chi connectivity index (χ2v) is 2.88. The Hall–Kier alpha value is 1.97. The molecule has 1 aliphatic rings. The predicted molar refractivity (Wildman–Crippen MR) is 50.5 cm³/mol. The number of benzene rings is 1. The standard InChI is InChI=1S/C10H9N2O.2Rb/c1-7-10(13)12-9-5-3-2-4-8(9)6-11-7;;/h2-5,7H,1H3,(H,11,12,13);;/q-1;2*+1/p-1. The van der Waals surface area contributed by atoms with Crippen molar-refractivity contribution in [3.8, 4) is 0 Å². The first-order valence-electron chi connectivity index (χ1n) is 4.08. The van der Waals surface area contributed by atoms with Gasteiger partial charge in [-0.25, -0.2) is 5.69 Å². The SMILES string of the molecule is CC1N=[C-]c2ccccc2[N-]C1=O.[Rb+].[Rb+]. The van der Waals surface area contributed by atoms with E-state index in [1.165, 1.54) is 0 Å². The molecule has 0 saturated carbocycles. The molecule has 0 N–H and O–H groups in total. The van der Waals surface area contributed by atoms with Crippen LogP contribution >= 0.6 is 0 Å². The van der Waals surface area contributed by atoms with Gasteiger partial charge in [0.15, 0.2) is 0 Å². The maximum Gasteiger partial charge on any atom is 1.00 e. The summed E-state index contributed by atoms with van der Waals surface area (Å²) in [7, 11) is 0. The summed E-state index contributed by atoms with van der Waals surface area (Å²) in [6, 6.07) is 6.93. The van der Waals surface area contributed by atoms with Crippen LogP contribution in [0.3, 0.4) is 0 Å². The zero-order valence-electron chi connectivity index (χ0n) is 9.19.